The molecule has 3 heterocycles. The van der Waals surface area contributed by atoms with E-state index >= 15 is 0 Å². The van der Waals surface area contributed by atoms with E-state index in [0.717, 1.165) is 43.8 Å². The molecule has 0 bridgehead atoms. The Kier molecular flexibility index (Phi) is 4.34. The average Bonchev–Trinajstić information content (AvgIpc) is 3.14. The van der Waals surface area contributed by atoms with Crippen LogP contribution in [0.4, 0.5) is 0 Å². The van der Waals surface area contributed by atoms with Gasteiger partial charge in [-0.15, -0.1) is 0 Å². The topological polar surface area (TPSA) is 49.6 Å². The quantitative estimate of drug-likeness (QED) is 0.858. The molecule has 1 saturated heterocycles. The molecule has 132 valence electrons. The average molecular weight is 339 g/mol. The van der Waals surface area contributed by atoms with Crippen LogP contribution in [0.1, 0.15) is 41.8 Å². The zero-order chi connectivity index (χ0) is 17.3. The molecule has 0 N–H and O–H groups in total. The van der Waals surface area contributed by atoms with Crippen LogP contribution in [0.3, 0.4) is 0 Å². The van der Waals surface area contributed by atoms with Gasteiger partial charge in [-0.2, -0.15) is 0 Å². The zero-order valence-corrected chi connectivity index (χ0v) is 14.7. The number of rotatable bonds is 4. The monoisotopic (exact) mass is 339 g/mol. The maximum absolute atomic E-state index is 12.6. The largest absolute Gasteiger partial charge is 0.468 e. The number of pyridine rings is 1. The molecule has 2 aromatic rings. The van der Waals surface area contributed by atoms with Crippen LogP contribution in [0.25, 0.3) is 0 Å². The normalized spacial score (nSPS) is 22.2. The molecule has 5 heteroatoms. The van der Waals surface area contributed by atoms with Gasteiger partial charge in [0.05, 0.1) is 12.8 Å². The van der Waals surface area contributed by atoms with Crippen LogP contribution in [-0.2, 0) is 6.54 Å². The summed E-state index contributed by atoms with van der Waals surface area (Å²) < 4.78 is 5.50. The smallest absolute Gasteiger partial charge is 0.253 e. The molecule has 4 rings (SSSR count). The van der Waals surface area contributed by atoms with Crippen molar-refractivity contribution in [2.24, 2.45) is 5.41 Å². The van der Waals surface area contributed by atoms with Gasteiger partial charge in [0.15, 0.2) is 0 Å². The van der Waals surface area contributed by atoms with Gasteiger partial charge in [-0.05, 0) is 62.4 Å². The second kappa shape index (κ2) is 6.64. The number of hydrogen-bond acceptors (Lipinski definition) is 4. The fourth-order valence-corrected chi connectivity index (χ4v) is 4.54. The van der Waals surface area contributed by atoms with Crippen molar-refractivity contribution in [3.05, 3.63) is 54.2 Å². The first-order chi connectivity index (χ1) is 12.2. The molecule has 25 heavy (non-hydrogen) atoms. The lowest BCUT2D eigenvalue weighted by Crippen LogP contribution is -2.58. The molecular weight excluding hydrogens is 314 g/mol. The Balaban J connectivity index is 1.37. The van der Waals surface area contributed by atoms with E-state index in [2.05, 4.69) is 16.9 Å². The molecule has 2 aliphatic rings. The predicted molar refractivity (Wildman–Crippen MR) is 95.0 cm³/mol. The standard InChI is InChI=1S/C20H25N3O2/c1-22(15-17-3-2-14-25-17)18-4-7-20(18)8-12-23(13-9-20)19(24)16-5-10-21-11-6-16/h2-3,5-6,10-11,14,18H,4,7-9,12-13,15H2,1H3/t18-/m1/s1. The van der Waals surface area contributed by atoms with Crippen LogP contribution in [0.5, 0.6) is 0 Å². The number of amides is 1. The minimum absolute atomic E-state index is 0.136. The first-order valence-electron chi connectivity index (χ1n) is 9.10. The van der Waals surface area contributed by atoms with Crippen molar-refractivity contribution < 1.29 is 9.21 Å². The highest BCUT2D eigenvalue weighted by molar-refractivity contribution is 5.94. The van der Waals surface area contributed by atoms with Gasteiger partial charge in [-0.1, -0.05) is 0 Å². The van der Waals surface area contributed by atoms with Gasteiger partial charge in [0.2, 0.25) is 0 Å². The molecule has 1 amide bonds. The molecule has 1 spiro atoms. The van der Waals surface area contributed by atoms with Crippen molar-refractivity contribution in [2.45, 2.75) is 38.3 Å². The fraction of sp³-hybridized carbons (Fsp3) is 0.500. The van der Waals surface area contributed by atoms with Gasteiger partial charge in [-0.3, -0.25) is 14.7 Å². The summed E-state index contributed by atoms with van der Waals surface area (Å²) >= 11 is 0. The van der Waals surface area contributed by atoms with Crippen LogP contribution < -0.4 is 0 Å². The number of likely N-dealkylation sites (tertiary alicyclic amines) is 1. The molecule has 5 nitrogen and oxygen atoms in total. The van der Waals surface area contributed by atoms with E-state index in [1.165, 1.54) is 12.8 Å². The second-order valence-corrected chi connectivity index (χ2v) is 7.44. The van der Waals surface area contributed by atoms with E-state index < -0.39 is 0 Å². The lowest BCUT2D eigenvalue weighted by atomic mass is 9.58. The summed E-state index contributed by atoms with van der Waals surface area (Å²) in [6, 6.07) is 8.18. The Hall–Kier alpha value is -2.14. The zero-order valence-electron chi connectivity index (χ0n) is 14.7. The highest BCUT2D eigenvalue weighted by atomic mass is 16.3. The van der Waals surface area contributed by atoms with Crippen molar-refractivity contribution in [1.29, 1.82) is 0 Å². The molecular formula is C20H25N3O2. The first-order valence-corrected chi connectivity index (χ1v) is 9.10. The van der Waals surface area contributed by atoms with Crippen LogP contribution in [0, 0.1) is 5.41 Å². The van der Waals surface area contributed by atoms with Crippen molar-refractivity contribution in [1.82, 2.24) is 14.8 Å². The lowest BCUT2D eigenvalue weighted by Gasteiger charge is -2.56. The van der Waals surface area contributed by atoms with Crippen LogP contribution in [0.15, 0.2) is 47.3 Å². The highest BCUT2D eigenvalue weighted by Gasteiger charge is 2.50. The molecule has 1 aliphatic carbocycles. The Bertz CT molecular complexity index is 706. The van der Waals surface area contributed by atoms with Gasteiger partial charge in [0, 0.05) is 37.1 Å². The summed E-state index contributed by atoms with van der Waals surface area (Å²) in [5.41, 5.74) is 1.11. The van der Waals surface area contributed by atoms with E-state index in [9.17, 15) is 4.79 Å². The van der Waals surface area contributed by atoms with Crippen LogP contribution >= 0.6 is 0 Å². The molecule has 0 radical (unpaired) electrons. The van der Waals surface area contributed by atoms with Crippen molar-refractivity contribution in [2.75, 3.05) is 20.1 Å². The molecule has 2 aromatic heterocycles. The highest BCUT2D eigenvalue weighted by Crippen LogP contribution is 2.51. The van der Waals surface area contributed by atoms with E-state index in [0.29, 0.717) is 11.5 Å². The van der Waals surface area contributed by atoms with Crippen LogP contribution in [-0.4, -0.2) is 46.9 Å². The summed E-state index contributed by atoms with van der Waals surface area (Å²) in [6.07, 6.45) is 9.82. The number of carbonyl (C=O) groups is 1. The Morgan fingerprint density at radius 2 is 2.04 bits per heavy atom. The Morgan fingerprint density at radius 3 is 2.64 bits per heavy atom. The third-order valence-electron chi connectivity index (χ3n) is 6.11. The fourth-order valence-electron chi connectivity index (χ4n) is 4.54. The predicted octanol–water partition coefficient (Wildman–Crippen LogP) is 3.19. The van der Waals surface area contributed by atoms with E-state index in [-0.39, 0.29) is 5.91 Å². The Morgan fingerprint density at radius 1 is 1.28 bits per heavy atom. The number of hydrogen-bond donors (Lipinski definition) is 0. The molecule has 0 aromatic carbocycles. The van der Waals surface area contributed by atoms with Gasteiger partial charge in [0.1, 0.15) is 5.76 Å². The van der Waals surface area contributed by atoms with Crippen molar-refractivity contribution in [3.63, 3.8) is 0 Å². The van der Waals surface area contributed by atoms with Gasteiger partial charge in [-0.25, -0.2) is 0 Å². The molecule has 1 saturated carbocycles. The molecule has 0 unspecified atom stereocenters. The Labute approximate surface area is 148 Å². The summed E-state index contributed by atoms with van der Waals surface area (Å²) in [6.45, 7) is 2.57. The van der Waals surface area contributed by atoms with Gasteiger partial charge >= 0.3 is 0 Å². The SMILES string of the molecule is CN(Cc1ccco1)[C@@H]1CCC12CCN(C(=O)c1ccncc1)CC2. The summed E-state index contributed by atoms with van der Waals surface area (Å²) in [5.74, 6) is 1.16. The lowest BCUT2D eigenvalue weighted by molar-refractivity contribution is -0.0590. The maximum atomic E-state index is 12.6. The molecule has 2 fully saturated rings. The van der Waals surface area contributed by atoms with Gasteiger partial charge < -0.3 is 9.32 Å². The third-order valence-corrected chi connectivity index (χ3v) is 6.11. The molecule has 1 atom stereocenters. The second-order valence-electron chi connectivity index (χ2n) is 7.44. The summed E-state index contributed by atoms with van der Waals surface area (Å²) in [5, 5.41) is 0. The van der Waals surface area contributed by atoms with Crippen molar-refractivity contribution >= 4 is 5.91 Å². The number of aromatic nitrogens is 1. The minimum atomic E-state index is 0.136. The number of furan rings is 1. The van der Waals surface area contributed by atoms with Crippen molar-refractivity contribution in [3.8, 4) is 0 Å². The maximum Gasteiger partial charge on any atom is 0.253 e. The van der Waals surface area contributed by atoms with Gasteiger partial charge in [0.25, 0.3) is 5.91 Å². The first kappa shape index (κ1) is 16.3. The van der Waals surface area contributed by atoms with Crippen LogP contribution in [0.2, 0.25) is 0 Å². The minimum Gasteiger partial charge on any atom is -0.468 e. The molecule has 1 aliphatic heterocycles. The number of piperidine rings is 1. The third kappa shape index (κ3) is 3.09. The number of carbonyl (C=O) groups excluding carboxylic acids is 1. The summed E-state index contributed by atoms with van der Waals surface area (Å²) in [4.78, 5) is 21.0. The number of nitrogens with zero attached hydrogens (tertiary/aromatic N) is 3. The van der Waals surface area contributed by atoms with E-state index in [1.54, 1.807) is 30.8 Å². The summed E-state index contributed by atoms with van der Waals surface area (Å²) in [7, 11) is 2.20. The van der Waals surface area contributed by atoms with E-state index in [1.807, 2.05) is 17.0 Å². The van der Waals surface area contributed by atoms with E-state index in [4.69, 9.17) is 4.42 Å².